The van der Waals surface area contributed by atoms with Crippen LogP contribution in [0.2, 0.25) is 0 Å². The Kier molecular flexibility index (Phi) is 5.27. The van der Waals surface area contributed by atoms with E-state index in [1.54, 1.807) is 7.11 Å². The van der Waals surface area contributed by atoms with Gasteiger partial charge in [-0.3, -0.25) is 0 Å². The van der Waals surface area contributed by atoms with Gasteiger partial charge in [-0.05, 0) is 30.9 Å². The summed E-state index contributed by atoms with van der Waals surface area (Å²) in [6.45, 7) is 1.53. The van der Waals surface area contributed by atoms with Crippen LogP contribution >= 0.6 is 0 Å². The molecule has 0 aliphatic heterocycles. The van der Waals surface area contributed by atoms with E-state index in [0.29, 0.717) is 5.92 Å². The first-order valence-electron chi connectivity index (χ1n) is 5.09. The predicted molar refractivity (Wildman–Crippen MR) is 59.2 cm³/mol. The molecule has 0 fully saturated rings. The van der Waals surface area contributed by atoms with Crippen molar-refractivity contribution in [3.8, 4) is 0 Å². The maximum atomic E-state index is 5.56. The monoisotopic (exact) mass is 193 g/mol. The van der Waals surface area contributed by atoms with Gasteiger partial charge in [-0.15, -0.1) is 0 Å². The molecule has 0 aliphatic rings. The van der Waals surface area contributed by atoms with Gasteiger partial charge >= 0.3 is 0 Å². The molecule has 1 rings (SSSR count). The van der Waals surface area contributed by atoms with Crippen LogP contribution in [0.3, 0.4) is 0 Å². The number of ether oxygens (including phenoxy) is 1. The van der Waals surface area contributed by atoms with Gasteiger partial charge in [-0.25, -0.2) is 0 Å². The van der Waals surface area contributed by atoms with Crippen molar-refractivity contribution in [1.82, 2.24) is 0 Å². The SMILES string of the molecule is COCC(CCN)Cc1ccccc1. The lowest BCUT2D eigenvalue weighted by molar-refractivity contribution is 0.149. The Morgan fingerprint density at radius 3 is 2.57 bits per heavy atom. The first-order valence-corrected chi connectivity index (χ1v) is 5.09. The van der Waals surface area contributed by atoms with Crippen molar-refractivity contribution < 1.29 is 4.74 Å². The number of hydrogen-bond acceptors (Lipinski definition) is 2. The van der Waals surface area contributed by atoms with Crippen molar-refractivity contribution in [2.24, 2.45) is 11.7 Å². The highest BCUT2D eigenvalue weighted by atomic mass is 16.5. The van der Waals surface area contributed by atoms with Gasteiger partial charge < -0.3 is 10.5 Å². The van der Waals surface area contributed by atoms with Crippen molar-refractivity contribution >= 4 is 0 Å². The first-order chi connectivity index (χ1) is 6.86. The van der Waals surface area contributed by atoms with Crippen molar-refractivity contribution in [2.75, 3.05) is 20.3 Å². The summed E-state index contributed by atoms with van der Waals surface area (Å²) in [4.78, 5) is 0. The Balaban J connectivity index is 2.46. The molecule has 1 aromatic rings. The molecular formula is C12H19NO. The molecule has 1 atom stereocenters. The van der Waals surface area contributed by atoms with Gasteiger partial charge in [-0.1, -0.05) is 30.3 Å². The van der Waals surface area contributed by atoms with E-state index in [1.165, 1.54) is 5.56 Å². The Bertz CT molecular complexity index is 229. The Hall–Kier alpha value is -0.860. The molecule has 0 bridgehead atoms. The molecule has 0 saturated carbocycles. The summed E-state index contributed by atoms with van der Waals surface area (Å²) in [5, 5.41) is 0. The molecule has 1 unspecified atom stereocenters. The number of methoxy groups -OCH3 is 1. The molecular weight excluding hydrogens is 174 g/mol. The van der Waals surface area contributed by atoms with E-state index in [1.807, 2.05) is 6.07 Å². The van der Waals surface area contributed by atoms with E-state index in [-0.39, 0.29) is 0 Å². The highest BCUT2D eigenvalue weighted by molar-refractivity contribution is 5.15. The fraction of sp³-hybridized carbons (Fsp3) is 0.500. The lowest BCUT2D eigenvalue weighted by Crippen LogP contribution is -2.16. The normalized spacial score (nSPS) is 12.7. The molecule has 2 nitrogen and oxygen atoms in total. The van der Waals surface area contributed by atoms with E-state index < -0.39 is 0 Å². The third kappa shape index (κ3) is 3.90. The topological polar surface area (TPSA) is 35.2 Å². The maximum Gasteiger partial charge on any atom is 0.0494 e. The molecule has 0 radical (unpaired) electrons. The third-order valence-electron chi connectivity index (χ3n) is 2.34. The zero-order chi connectivity index (χ0) is 10.2. The van der Waals surface area contributed by atoms with E-state index >= 15 is 0 Å². The second kappa shape index (κ2) is 6.57. The van der Waals surface area contributed by atoms with E-state index in [4.69, 9.17) is 10.5 Å². The lowest BCUT2D eigenvalue weighted by atomic mass is 9.97. The molecule has 14 heavy (non-hydrogen) atoms. The minimum atomic E-state index is 0.549. The molecule has 0 aliphatic carbocycles. The summed E-state index contributed by atoms with van der Waals surface area (Å²) < 4.78 is 5.17. The average molecular weight is 193 g/mol. The summed E-state index contributed by atoms with van der Waals surface area (Å²) in [5.41, 5.74) is 6.92. The standard InChI is InChI=1S/C12H19NO/c1-14-10-12(7-8-13)9-11-5-3-2-4-6-11/h2-6,12H,7-10,13H2,1H3. The highest BCUT2D eigenvalue weighted by Gasteiger charge is 2.07. The molecule has 78 valence electrons. The molecule has 0 spiro atoms. The Morgan fingerprint density at radius 2 is 2.00 bits per heavy atom. The summed E-state index contributed by atoms with van der Waals surface area (Å²) in [6, 6.07) is 10.5. The molecule has 2 N–H and O–H groups in total. The van der Waals surface area contributed by atoms with Crippen LogP contribution in [-0.4, -0.2) is 20.3 Å². The molecule has 0 saturated heterocycles. The van der Waals surface area contributed by atoms with Gasteiger partial charge in [-0.2, -0.15) is 0 Å². The summed E-state index contributed by atoms with van der Waals surface area (Å²) in [5.74, 6) is 0.549. The van der Waals surface area contributed by atoms with Crippen LogP contribution in [0.15, 0.2) is 30.3 Å². The summed E-state index contributed by atoms with van der Waals surface area (Å²) in [6.07, 6.45) is 2.09. The summed E-state index contributed by atoms with van der Waals surface area (Å²) in [7, 11) is 1.74. The second-order valence-corrected chi connectivity index (χ2v) is 3.59. The Labute approximate surface area is 86.1 Å². The van der Waals surface area contributed by atoms with Gasteiger partial charge in [0, 0.05) is 13.7 Å². The number of nitrogens with two attached hydrogens (primary N) is 1. The van der Waals surface area contributed by atoms with Crippen molar-refractivity contribution in [2.45, 2.75) is 12.8 Å². The van der Waals surface area contributed by atoms with Crippen molar-refractivity contribution in [1.29, 1.82) is 0 Å². The van der Waals surface area contributed by atoms with Crippen LogP contribution in [0.1, 0.15) is 12.0 Å². The number of hydrogen-bond donors (Lipinski definition) is 1. The maximum absolute atomic E-state index is 5.56. The second-order valence-electron chi connectivity index (χ2n) is 3.59. The van der Waals surface area contributed by atoms with Crippen LogP contribution in [0.25, 0.3) is 0 Å². The largest absolute Gasteiger partial charge is 0.384 e. The molecule has 2 heteroatoms. The smallest absolute Gasteiger partial charge is 0.0494 e. The third-order valence-corrected chi connectivity index (χ3v) is 2.34. The van der Waals surface area contributed by atoms with Gasteiger partial charge in [0.15, 0.2) is 0 Å². The van der Waals surface area contributed by atoms with Gasteiger partial charge in [0.05, 0.1) is 0 Å². The van der Waals surface area contributed by atoms with Crippen LogP contribution in [-0.2, 0) is 11.2 Å². The molecule has 0 heterocycles. The van der Waals surface area contributed by atoms with Crippen LogP contribution < -0.4 is 5.73 Å². The summed E-state index contributed by atoms with van der Waals surface area (Å²) >= 11 is 0. The molecule has 1 aromatic carbocycles. The van der Waals surface area contributed by atoms with Crippen LogP contribution in [0.5, 0.6) is 0 Å². The van der Waals surface area contributed by atoms with Gasteiger partial charge in [0.2, 0.25) is 0 Å². The minimum Gasteiger partial charge on any atom is -0.384 e. The predicted octanol–water partition coefficient (Wildman–Crippen LogP) is 1.84. The Morgan fingerprint density at radius 1 is 1.29 bits per heavy atom. The van der Waals surface area contributed by atoms with E-state index in [2.05, 4.69) is 24.3 Å². The number of benzene rings is 1. The minimum absolute atomic E-state index is 0.549. The zero-order valence-corrected chi connectivity index (χ0v) is 8.78. The highest BCUT2D eigenvalue weighted by Crippen LogP contribution is 2.11. The fourth-order valence-corrected chi connectivity index (χ4v) is 1.66. The average Bonchev–Trinajstić information content (AvgIpc) is 2.20. The van der Waals surface area contributed by atoms with Crippen LogP contribution in [0.4, 0.5) is 0 Å². The first kappa shape index (κ1) is 11.2. The van der Waals surface area contributed by atoms with Crippen molar-refractivity contribution in [3.63, 3.8) is 0 Å². The molecule has 0 aromatic heterocycles. The van der Waals surface area contributed by atoms with Gasteiger partial charge in [0.1, 0.15) is 0 Å². The van der Waals surface area contributed by atoms with E-state index in [0.717, 1.165) is 26.0 Å². The quantitative estimate of drug-likeness (QED) is 0.748. The van der Waals surface area contributed by atoms with Gasteiger partial charge in [0.25, 0.3) is 0 Å². The number of rotatable bonds is 6. The fourth-order valence-electron chi connectivity index (χ4n) is 1.66. The van der Waals surface area contributed by atoms with E-state index in [9.17, 15) is 0 Å². The van der Waals surface area contributed by atoms with Crippen LogP contribution in [0, 0.1) is 5.92 Å². The molecule has 0 amide bonds. The van der Waals surface area contributed by atoms with Crippen molar-refractivity contribution in [3.05, 3.63) is 35.9 Å². The lowest BCUT2D eigenvalue weighted by Gasteiger charge is -2.14. The zero-order valence-electron chi connectivity index (χ0n) is 8.78.